The largest absolute Gasteiger partial charge is 0.356 e. The number of carbonyl (C=O) groups excluding carboxylic acids is 1. The summed E-state index contributed by atoms with van der Waals surface area (Å²) in [6, 6.07) is 0. The highest BCUT2D eigenvalue weighted by molar-refractivity contribution is 5.76. The van der Waals surface area contributed by atoms with Gasteiger partial charge in [-0.3, -0.25) is 4.79 Å². The number of hydrogen-bond acceptors (Lipinski definition) is 1. The van der Waals surface area contributed by atoms with Gasteiger partial charge >= 0.3 is 0 Å². The van der Waals surface area contributed by atoms with Crippen LogP contribution >= 0.6 is 0 Å². The summed E-state index contributed by atoms with van der Waals surface area (Å²) in [7, 11) is 0. The lowest BCUT2D eigenvalue weighted by Crippen LogP contribution is -2.33. The van der Waals surface area contributed by atoms with E-state index in [9.17, 15) is 4.79 Å². The second kappa shape index (κ2) is 4.99. The zero-order chi connectivity index (χ0) is 12.5. The first-order chi connectivity index (χ1) is 7.94. The maximum absolute atomic E-state index is 11.9. The standard InChI is InChI=1S/C15H27NO/c1-11-6-13(9-15(2,3)8-11)7-14(17)16-10-12-4-5-12/h11-13H,4-10H2,1-3H3,(H,16,17)/t11-,13+/m0/s1. The zero-order valence-electron chi connectivity index (χ0n) is 11.6. The third-order valence-corrected chi connectivity index (χ3v) is 4.24. The Kier molecular flexibility index (Phi) is 3.79. The van der Waals surface area contributed by atoms with Gasteiger partial charge < -0.3 is 5.32 Å². The summed E-state index contributed by atoms with van der Waals surface area (Å²) in [6.45, 7) is 7.94. The quantitative estimate of drug-likeness (QED) is 0.798. The van der Waals surface area contributed by atoms with Crippen LogP contribution in [-0.4, -0.2) is 12.5 Å². The number of carbonyl (C=O) groups is 1. The predicted molar refractivity (Wildman–Crippen MR) is 70.6 cm³/mol. The van der Waals surface area contributed by atoms with E-state index in [0.717, 1.165) is 24.8 Å². The summed E-state index contributed by atoms with van der Waals surface area (Å²) in [5.41, 5.74) is 0.430. The van der Waals surface area contributed by atoms with E-state index in [0.29, 0.717) is 11.3 Å². The summed E-state index contributed by atoms with van der Waals surface area (Å²) >= 11 is 0. The monoisotopic (exact) mass is 237 g/mol. The molecule has 2 heteroatoms. The maximum Gasteiger partial charge on any atom is 0.220 e. The molecule has 0 aliphatic heterocycles. The van der Waals surface area contributed by atoms with Gasteiger partial charge in [-0.25, -0.2) is 0 Å². The molecule has 0 radical (unpaired) electrons. The Balaban J connectivity index is 1.74. The van der Waals surface area contributed by atoms with Crippen molar-refractivity contribution in [2.24, 2.45) is 23.2 Å². The predicted octanol–water partition coefficient (Wildman–Crippen LogP) is 3.37. The molecule has 2 aliphatic rings. The number of rotatable bonds is 4. The summed E-state index contributed by atoms with van der Waals surface area (Å²) < 4.78 is 0. The molecular formula is C15H27NO. The molecule has 1 N–H and O–H groups in total. The van der Waals surface area contributed by atoms with E-state index >= 15 is 0 Å². The molecule has 2 nitrogen and oxygen atoms in total. The van der Waals surface area contributed by atoms with E-state index in [1.165, 1.54) is 32.1 Å². The van der Waals surface area contributed by atoms with Gasteiger partial charge in [0.2, 0.25) is 5.91 Å². The number of hydrogen-bond donors (Lipinski definition) is 1. The van der Waals surface area contributed by atoms with Crippen LogP contribution in [0.25, 0.3) is 0 Å². The molecule has 0 aromatic carbocycles. The summed E-state index contributed by atoms with van der Waals surface area (Å²) in [4.78, 5) is 11.9. The molecule has 1 amide bonds. The Labute approximate surface area is 106 Å². The molecule has 98 valence electrons. The van der Waals surface area contributed by atoms with Crippen LogP contribution in [0, 0.1) is 23.2 Å². The molecule has 0 aromatic heterocycles. The van der Waals surface area contributed by atoms with Gasteiger partial charge in [-0.05, 0) is 55.3 Å². The molecule has 0 heterocycles. The molecule has 0 bridgehead atoms. The van der Waals surface area contributed by atoms with Gasteiger partial charge in [0, 0.05) is 13.0 Å². The summed E-state index contributed by atoms with van der Waals surface area (Å²) in [5.74, 6) is 2.46. The van der Waals surface area contributed by atoms with Crippen molar-refractivity contribution in [1.82, 2.24) is 5.32 Å². The first-order valence-electron chi connectivity index (χ1n) is 7.21. The smallest absolute Gasteiger partial charge is 0.220 e. The molecule has 17 heavy (non-hydrogen) atoms. The molecule has 0 spiro atoms. The van der Waals surface area contributed by atoms with Crippen molar-refractivity contribution in [2.75, 3.05) is 6.54 Å². The normalized spacial score (nSPS) is 32.2. The Morgan fingerprint density at radius 1 is 1.24 bits per heavy atom. The number of amides is 1. The van der Waals surface area contributed by atoms with E-state index in [2.05, 4.69) is 26.1 Å². The average molecular weight is 237 g/mol. The van der Waals surface area contributed by atoms with Crippen molar-refractivity contribution >= 4 is 5.91 Å². The van der Waals surface area contributed by atoms with Gasteiger partial charge in [0.25, 0.3) is 0 Å². The molecule has 2 atom stereocenters. The van der Waals surface area contributed by atoms with Gasteiger partial charge in [-0.1, -0.05) is 20.8 Å². The van der Waals surface area contributed by atoms with Crippen LogP contribution in [0.5, 0.6) is 0 Å². The van der Waals surface area contributed by atoms with Gasteiger partial charge in [-0.15, -0.1) is 0 Å². The van der Waals surface area contributed by atoms with Crippen LogP contribution in [0.1, 0.15) is 59.3 Å². The zero-order valence-corrected chi connectivity index (χ0v) is 11.6. The fourth-order valence-corrected chi connectivity index (χ4v) is 3.61. The van der Waals surface area contributed by atoms with E-state index in [1.807, 2.05) is 0 Å². The molecule has 2 aliphatic carbocycles. The summed E-state index contributed by atoms with van der Waals surface area (Å²) in [5, 5.41) is 3.10. The second-order valence-corrected chi connectivity index (χ2v) is 7.23. The Hall–Kier alpha value is -0.530. The summed E-state index contributed by atoms with van der Waals surface area (Å²) in [6.07, 6.45) is 7.14. The lowest BCUT2D eigenvalue weighted by molar-refractivity contribution is -0.122. The Morgan fingerprint density at radius 2 is 1.94 bits per heavy atom. The van der Waals surface area contributed by atoms with Crippen molar-refractivity contribution in [3.05, 3.63) is 0 Å². The highest BCUT2D eigenvalue weighted by Crippen LogP contribution is 2.42. The van der Waals surface area contributed by atoms with Crippen LogP contribution in [0.2, 0.25) is 0 Å². The minimum atomic E-state index is 0.284. The fourth-order valence-electron chi connectivity index (χ4n) is 3.61. The van der Waals surface area contributed by atoms with Gasteiger partial charge in [-0.2, -0.15) is 0 Å². The van der Waals surface area contributed by atoms with Crippen LogP contribution in [-0.2, 0) is 4.79 Å². The minimum absolute atomic E-state index is 0.284. The lowest BCUT2D eigenvalue weighted by Gasteiger charge is -2.38. The van der Waals surface area contributed by atoms with Crippen LogP contribution in [0.3, 0.4) is 0 Å². The molecule has 0 saturated heterocycles. The Morgan fingerprint density at radius 3 is 2.53 bits per heavy atom. The second-order valence-electron chi connectivity index (χ2n) is 7.23. The van der Waals surface area contributed by atoms with Crippen molar-refractivity contribution in [3.8, 4) is 0 Å². The fraction of sp³-hybridized carbons (Fsp3) is 0.933. The molecule has 2 fully saturated rings. The van der Waals surface area contributed by atoms with Gasteiger partial charge in [0.05, 0.1) is 0 Å². The molecular weight excluding hydrogens is 210 g/mol. The van der Waals surface area contributed by atoms with Gasteiger partial charge in [0.15, 0.2) is 0 Å². The lowest BCUT2D eigenvalue weighted by atomic mass is 9.67. The number of nitrogens with one attached hydrogen (secondary N) is 1. The van der Waals surface area contributed by atoms with E-state index < -0.39 is 0 Å². The molecule has 2 saturated carbocycles. The van der Waals surface area contributed by atoms with Crippen molar-refractivity contribution in [2.45, 2.75) is 59.3 Å². The first kappa shape index (κ1) is 12.9. The molecule has 0 unspecified atom stereocenters. The molecule has 0 aromatic rings. The first-order valence-corrected chi connectivity index (χ1v) is 7.21. The van der Waals surface area contributed by atoms with E-state index in [-0.39, 0.29) is 5.91 Å². The van der Waals surface area contributed by atoms with Crippen molar-refractivity contribution < 1.29 is 4.79 Å². The van der Waals surface area contributed by atoms with E-state index in [4.69, 9.17) is 0 Å². The highest BCUT2D eigenvalue weighted by atomic mass is 16.1. The van der Waals surface area contributed by atoms with Crippen LogP contribution in [0.4, 0.5) is 0 Å². The average Bonchev–Trinajstić information content (AvgIpc) is 2.94. The third kappa shape index (κ3) is 4.33. The molecule has 2 rings (SSSR count). The topological polar surface area (TPSA) is 29.1 Å². The maximum atomic E-state index is 11.9. The van der Waals surface area contributed by atoms with Gasteiger partial charge in [0.1, 0.15) is 0 Å². The third-order valence-electron chi connectivity index (χ3n) is 4.24. The van der Waals surface area contributed by atoms with Crippen LogP contribution < -0.4 is 5.32 Å². The van der Waals surface area contributed by atoms with Crippen molar-refractivity contribution in [3.63, 3.8) is 0 Å². The Bertz CT molecular complexity index is 281. The minimum Gasteiger partial charge on any atom is -0.356 e. The highest BCUT2D eigenvalue weighted by Gasteiger charge is 2.33. The van der Waals surface area contributed by atoms with E-state index in [1.54, 1.807) is 0 Å². The van der Waals surface area contributed by atoms with Crippen molar-refractivity contribution in [1.29, 1.82) is 0 Å². The van der Waals surface area contributed by atoms with Crippen LogP contribution in [0.15, 0.2) is 0 Å². The SMILES string of the molecule is C[C@H]1C[C@H](CC(=O)NCC2CC2)CC(C)(C)C1.